The van der Waals surface area contributed by atoms with Gasteiger partial charge in [0.2, 0.25) is 11.8 Å². The van der Waals surface area contributed by atoms with Crippen LogP contribution in [0.5, 0.6) is 0 Å². The minimum atomic E-state index is -4.73. The Kier molecular flexibility index (Phi) is 4.23. The van der Waals surface area contributed by atoms with Crippen molar-refractivity contribution >= 4 is 40.6 Å². The molecule has 0 unspecified atom stereocenters. The van der Waals surface area contributed by atoms with E-state index in [1.54, 1.807) is 12.1 Å². The highest BCUT2D eigenvalue weighted by atomic mass is 32.2. The van der Waals surface area contributed by atoms with E-state index >= 15 is 0 Å². The van der Waals surface area contributed by atoms with Gasteiger partial charge in [-0.25, -0.2) is 4.90 Å². The maximum atomic E-state index is 13.5. The minimum absolute atomic E-state index is 0.344. The van der Waals surface area contributed by atoms with E-state index in [2.05, 4.69) is 4.98 Å². The van der Waals surface area contributed by atoms with Crippen LogP contribution in [0.15, 0.2) is 56.9 Å². The zero-order valence-electron chi connectivity index (χ0n) is 14.8. The van der Waals surface area contributed by atoms with E-state index in [0.717, 1.165) is 35.2 Å². The van der Waals surface area contributed by atoms with Gasteiger partial charge in [-0.15, -0.1) is 0 Å². The summed E-state index contributed by atoms with van der Waals surface area (Å²) in [7, 11) is 0. The van der Waals surface area contributed by atoms with Crippen molar-refractivity contribution in [3.63, 3.8) is 0 Å². The molecule has 6 nitrogen and oxygen atoms in total. The van der Waals surface area contributed by atoms with Crippen molar-refractivity contribution in [3.8, 4) is 0 Å². The quantitative estimate of drug-likeness (QED) is 0.598. The van der Waals surface area contributed by atoms with Crippen LogP contribution in [0.4, 0.5) is 18.9 Å². The van der Waals surface area contributed by atoms with Crippen molar-refractivity contribution < 1.29 is 27.2 Å². The number of amides is 2. The van der Waals surface area contributed by atoms with Gasteiger partial charge < -0.3 is 9.40 Å². The maximum Gasteiger partial charge on any atom is 0.418 e. The SMILES string of the molecule is O=C1[C@H]2[C@H](c3ccco3)c3sc(=O)[nH]c3S[C@H]2C(=O)N1c1ccccc1C(F)(F)F. The number of aromatic amines is 1. The van der Waals surface area contributed by atoms with E-state index in [-0.39, 0.29) is 4.87 Å². The lowest BCUT2D eigenvalue weighted by molar-refractivity contribution is -0.137. The number of imide groups is 1. The predicted molar refractivity (Wildman–Crippen MR) is 103 cm³/mol. The number of anilines is 1. The molecular formula is C19H11F3N2O4S2. The fourth-order valence-electron chi connectivity index (χ4n) is 3.94. The second-order valence-electron chi connectivity index (χ2n) is 6.79. The van der Waals surface area contributed by atoms with Crippen LogP contribution >= 0.6 is 23.1 Å². The number of hydrogen-bond acceptors (Lipinski definition) is 6. The first-order valence-corrected chi connectivity index (χ1v) is 10.4. The first kappa shape index (κ1) is 19.2. The number of para-hydroxylation sites is 1. The lowest BCUT2D eigenvalue weighted by Crippen LogP contribution is -2.33. The van der Waals surface area contributed by atoms with Crippen LogP contribution in [0.25, 0.3) is 0 Å². The molecule has 2 aliphatic heterocycles. The van der Waals surface area contributed by atoms with Gasteiger partial charge in [0, 0.05) is 0 Å². The van der Waals surface area contributed by atoms with E-state index in [1.165, 1.54) is 18.4 Å². The van der Waals surface area contributed by atoms with Gasteiger partial charge in [-0.05, 0) is 24.3 Å². The highest BCUT2D eigenvalue weighted by Gasteiger charge is 2.58. The molecule has 5 rings (SSSR count). The van der Waals surface area contributed by atoms with Crippen molar-refractivity contribution in [2.75, 3.05) is 4.90 Å². The molecular weight excluding hydrogens is 441 g/mol. The van der Waals surface area contributed by atoms with Gasteiger partial charge in [0.05, 0.1) is 39.3 Å². The summed E-state index contributed by atoms with van der Waals surface area (Å²) in [5.41, 5.74) is -1.56. The van der Waals surface area contributed by atoms with Crippen molar-refractivity contribution in [2.24, 2.45) is 5.92 Å². The molecule has 1 saturated heterocycles. The van der Waals surface area contributed by atoms with Crippen molar-refractivity contribution in [2.45, 2.75) is 22.4 Å². The number of nitrogens with one attached hydrogen (secondary N) is 1. The monoisotopic (exact) mass is 452 g/mol. The number of aromatic nitrogens is 1. The third kappa shape index (κ3) is 2.76. The summed E-state index contributed by atoms with van der Waals surface area (Å²) in [5.74, 6) is -2.87. The van der Waals surface area contributed by atoms with Crippen molar-refractivity contribution in [1.82, 2.24) is 4.98 Å². The van der Waals surface area contributed by atoms with Gasteiger partial charge in [-0.1, -0.05) is 35.2 Å². The molecule has 154 valence electrons. The number of alkyl halides is 3. The van der Waals surface area contributed by atoms with Crippen LogP contribution in [0.3, 0.4) is 0 Å². The Bertz CT molecular complexity index is 1220. The Morgan fingerprint density at radius 1 is 1.03 bits per heavy atom. The van der Waals surface area contributed by atoms with E-state index in [9.17, 15) is 27.6 Å². The van der Waals surface area contributed by atoms with Gasteiger partial charge >= 0.3 is 11.0 Å². The smallest absolute Gasteiger partial charge is 0.418 e. The largest absolute Gasteiger partial charge is 0.469 e. The van der Waals surface area contributed by atoms with Crippen LogP contribution in [0.1, 0.15) is 22.1 Å². The number of thiazole rings is 1. The number of rotatable bonds is 2. The lowest BCUT2D eigenvalue weighted by atomic mass is 9.87. The zero-order chi connectivity index (χ0) is 21.2. The zero-order valence-corrected chi connectivity index (χ0v) is 16.4. The van der Waals surface area contributed by atoms with Crippen LogP contribution in [0.2, 0.25) is 0 Å². The molecule has 2 aromatic heterocycles. The highest BCUT2D eigenvalue weighted by Crippen LogP contribution is 2.53. The summed E-state index contributed by atoms with van der Waals surface area (Å²) >= 11 is 1.89. The van der Waals surface area contributed by atoms with E-state index in [0.29, 0.717) is 20.6 Å². The molecule has 0 bridgehead atoms. The van der Waals surface area contributed by atoms with Gasteiger partial charge in [0.1, 0.15) is 11.0 Å². The van der Waals surface area contributed by atoms with Gasteiger partial charge in [-0.3, -0.25) is 14.4 Å². The highest BCUT2D eigenvalue weighted by molar-refractivity contribution is 8.00. The molecule has 1 fully saturated rings. The summed E-state index contributed by atoms with van der Waals surface area (Å²) in [5, 5.41) is -0.550. The van der Waals surface area contributed by atoms with Crippen molar-refractivity contribution in [1.29, 1.82) is 0 Å². The fourth-order valence-corrected chi connectivity index (χ4v) is 6.43. The third-order valence-electron chi connectivity index (χ3n) is 5.12. The second kappa shape index (κ2) is 6.61. The van der Waals surface area contributed by atoms with Gasteiger partial charge in [0.25, 0.3) is 0 Å². The summed E-state index contributed by atoms with van der Waals surface area (Å²) in [6.45, 7) is 0. The number of fused-ring (bicyclic) bond motifs is 2. The summed E-state index contributed by atoms with van der Waals surface area (Å²) in [6, 6.07) is 7.73. The van der Waals surface area contributed by atoms with Crippen molar-refractivity contribution in [3.05, 3.63) is 68.5 Å². The molecule has 0 radical (unpaired) electrons. The number of hydrogen-bond donors (Lipinski definition) is 1. The lowest BCUT2D eigenvalue weighted by Gasteiger charge is -2.27. The van der Waals surface area contributed by atoms with E-state index < -0.39 is 46.3 Å². The number of carbonyl (C=O) groups is 2. The molecule has 2 aliphatic rings. The Morgan fingerprint density at radius 3 is 2.50 bits per heavy atom. The Balaban J connectivity index is 1.66. The number of benzene rings is 1. The molecule has 3 atom stereocenters. The number of furan rings is 1. The average Bonchev–Trinajstić information content (AvgIpc) is 3.39. The molecule has 30 heavy (non-hydrogen) atoms. The van der Waals surface area contributed by atoms with Crippen LogP contribution in [-0.4, -0.2) is 22.0 Å². The number of thioether (sulfide) groups is 1. The first-order valence-electron chi connectivity index (χ1n) is 8.74. The summed E-state index contributed by atoms with van der Waals surface area (Å²) < 4.78 is 46.1. The van der Waals surface area contributed by atoms with Gasteiger partial charge in [-0.2, -0.15) is 13.2 Å². The topological polar surface area (TPSA) is 83.4 Å². The average molecular weight is 452 g/mol. The number of nitrogens with zero attached hydrogens (tertiary/aromatic N) is 1. The molecule has 11 heteroatoms. The first-order chi connectivity index (χ1) is 14.3. The molecule has 0 saturated carbocycles. The minimum Gasteiger partial charge on any atom is -0.469 e. The summed E-state index contributed by atoms with van der Waals surface area (Å²) in [6.07, 6.45) is -3.33. The normalized spacial score (nSPS) is 23.6. The Labute approximate surface area is 174 Å². The summed E-state index contributed by atoms with van der Waals surface area (Å²) in [4.78, 5) is 41.9. The molecule has 4 heterocycles. The molecule has 0 aliphatic carbocycles. The standard InChI is InChI=1S/C19H11F3N2O4S2/c20-19(21,22)8-4-1-2-5-9(8)24-16(25)12-11(10-6-3-7-28-10)13-15(23-18(27)30-13)29-14(12)17(24)26/h1-7,11-12,14H,(H,23,27)/t11-,12-,14+/m0/s1. The predicted octanol–water partition coefficient (Wildman–Crippen LogP) is 3.84. The molecule has 1 aromatic carbocycles. The van der Waals surface area contributed by atoms with Gasteiger partial charge in [0.15, 0.2) is 0 Å². The Hall–Kier alpha value is -2.79. The number of carbonyl (C=O) groups excluding carboxylic acids is 2. The van der Waals surface area contributed by atoms with Crippen LogP contribution < -0.4 is 9.77 Å². The van der Waals surface area contributed by atoms with Crippen LogP contribution in [0, 0.1) is 5.92 Å². The van der Waals surface area contributed by atoms with Crippen LogP contribution in [-0.2, 0) is 15.8 Å². The fraction of sp³-hybridized carbons (Fsp3) is 0.211. The third-order valence-corrected chi connectivity index (χ3v) is 7.53. The van der Waals surface area contributed by atoms with E-state index in [4.69, 9.17) is 4.42 Å². The molecule has 3 aromatic rings. The number of H-pyrrole nitrogens is 1. The maximum absolute atomic E-state index is 13.5. The molecule has 1 N–H and O–H groups in total. The van der Waals surface area contributed by atoms with E-state index in [1.807, 2.05) is 0 Å². The Morgan fingerprint density at radius 2 is 1.80 bits per heavy atom. The second-order valence-corrected chi connectivity index (χ2v) is 8.96. The number of halogens is 3. The molecule has 2 amide bonds. The molecule has 0 spiro atoms.